The van der Waals surface area contributed by atoms with Gasteiger partial charge in [-0.2, -0.15) is 0 Å². The van der Waals surface area contributed by atoms with Crippen LogP contribution in [0.25, 0.3) is 0 Å². The summed E-state index contributed by atoms with van der Waals surface area (Å²) in [6.07, 6.45) is 1.16. The molecule has 0 aromatic heterocycles. The number of benzene rings is 2. The van der Waals surface area contributed by atoms with Gasteiger partial charge in [-0.3, -0.25) is 4.79 Å². The first-order valence-corrected chi connectivity index (χ1v) is 8.28. The molecule has 2 rings (SSSR count). The minimum absolute atomic E-state index is 0.126. The summed E-state index contributed by atoms with van der Waals surface area (Å²) >= 11 is 0. The van der Waals surface area contributed by atoms with Gasteiger partial charge in [0, 0.05) is 18.7 Å². The zero-order valence-electron chi connectivity index (χ0n) is 14.6. The molecular formula is C20H25NO3. The van der Waals surface area contributed by atoms with Crippen molar-refractivity contribution in [2.24, 2.45) is 0 Å². The average Bonchev–Trinajstić information content (AvgIpc) is 2.60. The summed E-state index contributed by atoms with van der Waals surface area (Å²) in [5, 5.41) is 0. The maximum absolute atomic E-state index is 12.4. The van der Waals surface area contributed by atoms with Gasteiger partial charge in [0.25, 0.3) is 0 Å². The van der Waals surface area contributed by atoms with Gasteiger partial charge in [-0.15, -0.1) is 0 Å². The van der Waals surface area contributed by atoms with Gasteiger partial charge in [0.1, 0.15) is 11.5 Å². The smallest absolute Gasteiger partial charge is 0.227 e. The van der Waals surface area contributed by atoms with E-state index < -0.39 is 0 Å². The van der Waals surface area contributed by atoms with Crippen LogP contribution in [0.1, 0.15) is 25.3 Å². The van der Waals surface area contributed by atoms with Crippen molar-refractivity contribution in [3.8, 4) is 11.5 Å². The molecule has 4 heteroatoms. The third-order valence-corrected chi connectivity index (χ3v) is 3.79. The molecule has 24 heavy (non-hydrogen) atoms. The number of hydrogen-bond acceptors (Lipinski definition) is 3. The number of methoxy groups -OCH3 is 1. The van der Waals surface area contributed by atoms with Crippen molar-refractivity contribution in [3.63, 3.8) is 0 Å². The molecule has 0 atom stereocenters. The lowest BCUT2D eigenvalue weighted by Crippen LogP contribution is -2.30. The fourth-order valence-corrected chi connectivity index (χ4v) is 2.52. The first-order valence-electron chi connectivity index (χ1n) is 8.28. The molecule has 0 heterocycles. The van der Waals surface area contributed by atoms with Crippen LogP contribution in [-0.2, 0) is 4.79 Å². The summed E-state index contributed by atoms with van der Waals surface area (Å²) in [5.74, 6) is 1.71. The van der Waals surface area contributed by atoms with E-state index in [1.807, 2.05) is 67.3 Å². The maximum Gasteiger partial charge on any atom is 0.227 e. The molecule has 128 valence electrons. The van der Waals surface area contributed by atoms with Crippen LogP contribution in [0.3, 0.4) is 0 Å². The Balaban J connectivity index is 1.80. The molecule has 1 amide bonds. The summed E-state index contributed by atoms with van der Waals surface area (Å²) < 4.78 is 10.8. The number of anilines is 1. The average molecular weight is 327 g/mol. The molecule has 0 N–H and O–H groups in total. The molecule has 0 spiro atoms. The number of rotatable bonds is 8. The Morgan fingerprint density at radius 1 is 1.08 bits per heavy atom. The van der Waals surface area contributed by atoms with Crippen LogP contribution >= 0.6 is 0 Å². The van der Waals surface area contributed by atoms with Crippen molar-refractivity contribution >= 4 is 11.6 Å². The molecular weight excluding hydrogens is 302 g/mol. The predicted octanol–water partition coefficient (Wildman–Crippen LogP) is 4.22. The van der Waals surface area contributed by atoms with Crippen molar-refractivity contribution in [2.45, 2.75) is 26.7 Å². The number of aryl methyl sites for hydroxylation is 1. The van der Waals surface area contributed by atoms with E-state index in [1.165, 1.54) is 0 Å². The molecule has 2 aromatic carbocycles. The van der Waals surface area contributed by atoms with Crippen LogP contribution in [0.5, 0.6) is 11.5 Å². The Morgan fingerprint density at radius 2 is 1.79 bits per heavy atom. The van der Waals surface area contributed by atoms with Crippen LogP contribution in [0.15, 0.2) is 48.5 Å². The molecule has 0 unspecified atom stereocenters. The monoisotopic (exact) mass is 327 g/mol. The maximum atomic E-state index is 12.4. The standard InChI is InChI=1S/C20H25NO3/c1-4-21(17-8-5-7-16(2)15-17)20(22)9-6-14-24-19-12-10-18(23-3)11-13-19/h5,7-8,10-13,15H,4,6,9,14H2,1-3H3. The van der Waals surface area contributed by atoms with Gasteiger partial charge in [-0.05, 0) is 62.2 Å². The van der Waals surface area contributed by atoms with Gasteiger partial charge < -0.3 is 14.4 Å². The summed E-state index contributed by atoms with van der Waals surface area (Å²) in [5.41, 5.74) is 2.11. The van der Waals surface area contributed by atoms with Crippen molar-refractivity contribution in [1.82, 2.24) is 0 Å². The number of hydrogen-bond donors (Lipinski definition) is 0. The highest BCUT2D eigenvalue weighted by Crippen LogP contribution is 2.19. The van der Waals surface area contributed by atoms with Crippen LogP contribution in [-0.4, -0.2) is 26.2 Å². The summed E-state index contributed by atoms with van der Waals surface area (Å²) in [6, 6.07) is 15.5. The zero-order valence-corrected chi connectivity index (χ0v) is 14.6. The quantitative estimate of drug-likeness (QED) is 0.682. The largest absolute Gasteiger partial charge is 0.497 e. The Bertz CT molecular complexity index is 652. The van der Waals surface area contributed by atoms with E-state index in [4.69, 9.17) is 9.47 Å². The summed E-state index contributed by atoms with van der Waals surface area (Å²) in [7, 11) is 1.63. The number of nitrogens with zero attached hydrogens (tertiary/aromatic N) is 1. The fraction of sp³-hybridized carbons (Fsp3) is 0.350. The first-order chi connectivity index (χ1) is 11.6. The van der Waals surface area contributed by atoms with Gasteiger partial charge in [0.15, 0.2) is 0 Å². The van der Waals surface area contributed by atoms with E-state index in [9.17, 15) is 4.79 Å². The highest BCUT2D eigenvalue weighted by Gasteiger charge is 2.13. The summed E-state index contributed by atoms with van der Waals surface area (Å²) in [6.45, 7) is 5.21. The molecule has 0 aliphatic heterocycles. The minimum Gasteiger partial charge on any atom is -0.497 e. The van der Waals surface area contributed by atoms with Gasteiger partial charge in [-0.1, -0.05) is 12.1 Å². The van der Waals surface area contributed by atoms with E-state index >= 15 is 0 Å². The molecule has 0 aliphatic rings. The SMILES string of the molecule is CCN(C(=O)CCCOc1ccc(OC)cc1)c1cccc(C)c1. The predicted molar refractivity (Wildman–Crippen MR) is 96.9 cm³/mol. The second-order valence-electron chi connectivity index (χ2n) is 5.60. The van der Waals surface area contributed by atoms with Crippen LogP contribution in [0.4, 0.5) is 5.69 Å². The van der Waals surface area contributed by atoms with E-state index in [0.717, 1.165) is 22.7 Å². The molecule has 0 saturated heterocycles. The molecule has 2 aromatic rings. The lowest BCUT2D eigenvalue weighted by Gasteiger charge is -2.21. The zero-order chi connectivity index (χ0) is 17.4. The van der Waals surface area contributed by atoms with Gasteiger partial charge in [0.2, 0.25) is 5.91 Å². The third-order valence-electron chi connectivity index (χ3n) is 3.79. The highest BCUT2D eigenvalue weighted by atomic mass is 16.5. The van der Waals surface area contributed by atoms with Gasteiger partial charge in [0.05, 0.1) is 13.7 Å². The van der Waals surface area contributed by atoms with Crippen molar-refractivity contribution in [3.05, 3.63) is 54.1 Å². The van der Waals surface area contributed by atoms with Crippen LogP contribution in [0.2, 0.25) is 0 Å². The second-order valence-corrected chi connectivity index (χ2v) is 5.60. The second kappa shape index (κ2) is 8.96. The minimum atomic E-state index is 0.126. The number of carbonyl (C=O) groups excluding carboxylic acids is 1. The van der Waals surface area contributed by atoms with Crippen LogP contribution in [0, 0.1) is 6.92 Å². The first kappa shape index (κ1) is 17.9. The van der Waals surface area contributed by atoms with E-state index in [2.05, 4.69) is 0 Å². The number of carbonyl (C=O) groups is 1. The number of ether oxygens (including phenoxy) is 2. The highest BCUT2D eigenvalue weighted by molar-refractivity contribution is 5.93. The van der Waals surface area contributed by atoms with E-state index in [0.29, 0.717) is 26.0 Å². The van der Waals surface area contributed by atoms with Crippen molar-refractivity contribution in [2.75, 3.05) is 25.2 Å². The van der Waals surface area contributed by atoms with E-state index in [-0.39, 0.29) is 5.91 Å². The van der Waals surface area contributed by atoms with Crippen molar-refractivity contribution in [1.29, 1.82) is 0 Å². The normalized spacial score (nSPS) is 10.3. The van der Waals surface area contributed by atoms with Gasteiger partial charge >= 0.3 is 0 Å². The Morgan fingerprint density at radius 3 is 2.42 bits per heavy atom. The molecule has 0 radical (unpaired) electrons. The molecule has 4 nitrogen and oxygen atoms in total. The third kappa shape index (κ3) is 5.01. The molecule has 0 aliphatic carbocycles. The van der Waals surface area contributed by atoms with Crippen molar-refractivity contribution < 1.29 is 14.3 Å². The Labute approximate surface area is 144 Å². The lowest BCUT2D eigenvalue weighted by molar-refractivity contribution is -0.118. The Hall–Kier alpha value is -2.49. The molecule has 0 saturated carbocycles. The lowest BCUT2D eigenvalue weighted by atomic mass is 10.2. The summed E-state index contributed by atoms with van der Waals surface area (Å²) in [4.78, 5) is 14.3. The molecule has 0 fully saturated rings. The Kier molecular flexibility index (Phi) is 6.67. The van der Waals surface area contributed by atoms with Crippen LogP contribution < -0.4 is 14.4 Å². The number of amides is 1. The van der Waals surface area contributed by atoms with E-state index in [1.54, 1.807) is 7.11 Å². The van der Waals surface area contributed by atoms with Gasteiger partial charge in [-0.25, -0.2) is 0 Å². The topological polar surface area (TPSA) is 38.8 Å². The fourth-order valence-electron chi connectivity index (χ4n) is 2.52. The molecule has 0 bridgehead atoms.